The number of nitro groups is 1. The van der Waals surface area contributed by atoms with Gasteiger partial charge in [-0.3, -0.25) is 15.5 Å². The zero-order valence-electron chi connectivity index (χ0n) is 17.9. The quantitative estimate of drug-likeness (QED) is 0.225. The average molecular weight is 449 g/mol. The third kappa shape index (κ3) is 6.50. The molecule has 0 fully saturated rings. The summed E-state index contributed by atoms with van der Waals surface area (Å²) < 4.78 is 32.1. The van der Waals surface area contributed by atoms with E-state index in [0.717, 1.165) is 30.2 Å². The lowest BCUT2D eigenvalue weighted by Crippen LogP contribution is -2.30. The highest BCUT2D eigenvalue weighted by atomic mass is 32.2. The number of hydrogen-bond donors (Lipinski definition) is 1. The van der Waals surface area contributed by atoms with Gasteiger partial charge in [-0.1, -0.05) is 27.2 Å². The van der Waals surface area contributed by atoms with E-state index >= 15 is 0 Å². The Morgan fingerprint density at radius 2 is 1.81 bits per heavy atom. The van der Waals surface area contributed by atoms with Crippen molar-refractivity contribution >= 4 is 27.6 Å². The minimum atomic E-state index is -3.80. The fraction of sp³-hybridized carbons (Fsp3) is 0.381. The van der Waals surface area contributed by atoms with Crippen LogP contribution < -0.4 is 10.2 Å². The largest absolute Gasteiger partial charge is 0.494 e. The van der Waals surface area contributed by atoms with E-state index in [1.54, 1.807) is 13.8 Å². The molecule has 0 aliphatic heterocycles. The standard InChI is InChI=1S/C21H28N4O5S/c1-4-7-14-30-18-10-8-17(9-11-18)16-22-23-20-13-12-19(15-21(20)25(26)27)31(28,29)24(5-2)6-3/h8-13,15-16,23H,4-7,14H2,1-3H3/b22-16+. The summed E-state index contributed by atoms with van der Waals surface area (Å²) in [4.78, 5) is 10.7. The Morgan fingerprint density at radius 3 is 2.39 bits per heavy atom. The minimum absolute atomic E-state index is 0.0965. The summed E-state index contributed by atoms with van der Waals surface area (Å²) >= 11 is 0. The van der Waals surface area contributed by atoms with Crippen LogP contribution in [0.5, 0.6) is 5.75 Å². The highest BCUT2D eigenvalue weighted by Gasteiger charge is 2.25. The van der Waals surface area contributed by atoms with Crippen LogP contribution in [0.25, 0.3) is 0 Å². The first-order chi connectivity index (χ1) is 14.8. The molecule has 0 aromatic heterocycles. The minimum Gasteiger partial charge on any atom is -0.494 e. The lowest BCUT2D eigenvalue weighted by atomic mass is 10.2. The number of nitrogens with zero attached hydrogens (tertiary/aromatic N) is 3. The van der Waals surface area contributed by atoms with Gasteiger partial charge in [0, 0.05) is 19.2 Å². The number of unbranched alkanes of at least 4 members (excludes halogenated alkanes) is 1. The molecule has 0 bridgehead atoms. The van der Waals surface area contributed by atoms with Gasteiger partial charge in [-0.05, 0) is 48.4 Å². The van der Waals surface area contributed by atoms with Crippen LogP contribution in [0.3, 0.4) is 0 Å². The summed E-state index contributed by atoms with van der Waals surface area (Å²) in [7, 11) is -3.80. The van der Waals surface area contributed by atoms with Gasteiger partial charge in [0.1, 0.15) is 11.4 Å². The lowest BCUT2D eigenvalue weighted by molar-refractivity contribution is -0.384. The van der Waals surface area contributed by atoms with E-state index in [1.807, 2.05) is 24.3 Å². The zero-order chi connectivity index (χ0) is 22.9. The van der Waals surface area contributed by atoms with Crippen molar-refractivity contribution in [3.63, 3.8) is 0 Å². The molecular weight excluding hydrogens is 420 g/mol. The number of ether oxygens (including phenoxy) is 1. The van der Waals surface area contributed by atoms with Crippen molar-refractivity contribution in [3.8, 4) is 5.75 Å². The second-order valence-corrected chi connectivity index (χ2v) is 8.60. The smallest absolute Gasteiger partial charge is 0.295 e. The summed E-state index contributed by atoms with van der Waals surface area (Å²) in [6, 6.07) is 11.0. The fourth-order valence-corrected chi connectivity index (χ4v) is 4.27. The van der Waals surface area contributed by atoms with Crippen LogP contribution in [0.4, 0.5) is 11.4 Å². The number of benzene rings is 2. The molecule has 168 valence electrons. The van der Waals surface area contributed by atoms with Crippen molar-refractivity contribution in [3.05, 3.63) is 58.1 Å². The second-order valence-electron chi connectivity index (χ2n) is 6.67. The molecule has 0 unspecified atom stereocenters. The molecule has 2 rings (SSSR count). The molecule has 0 aliphatic carbocycles. The maximum Gasteiger partial charge on any atom is 0.295 e. The van der Waals surface area contributed by atoms with Gasteiger partial charge in [-0.2, -0.15) is 9.41 Å². The van der Waals surface area contributed by atoms with Gasteiger partial charge in [-0.15, -0.1) is 0 Å². The van der Waals surface area contributed by atoms with Gasteiger partial charge in [0.15, 0.2) is 0 Å². The van der Waals surface area contributed by atoms with Crippen molar-refractivity contribution in [2.45, 2.75) is 38.5 Å². The van der Waals surface area contributed by atoms with Crippen LogP contribution in [-0.2, 0) is 10.0 Å². The Hall–Kier alpha value is -2.98. The maximum absolute atomic E-state index is 12.6. The maximum atomic E-state index is 12.6. The van der Waals surface area contributed by atoms with Gasteiger partial charge < -0.3 is 4.74 Å². The van der Waals surface area contributed by atoms with Crippen LogP contribution in [0.1, 0.15) is 39.2 Å². The molecule has 31 heavy (non-hydrogen) atoms. The van der Waals surface area contributed by atoms with Crippen LogP contribution in [-0.4, -0.2) is 43.6 Å². The van der Waals surface area contributed by atoms with Crippen molar-refractivity contribution in [1.29, 1.82) is 0 Å². The van der Waals surface area contributed by atoms with E-state index in [-0.39, 0.29) is 29.4 Å². The number of hydrogen-bond acceptors (Lipinski definition) is 7. The molecule has 0 atom stereocenters. The van der Waals surface area contributed by atoms with E-state index in [1.165, 1.54) is 22.7 Å². The molecule has 0 spiro atoms. The average Bonchev–Trinajstić information content (AvgIpc) is 2.75. The van der Waals surface area contributed by atoms with E-state index in [4.69, 9.17) is 4.74 Å². The molecule has 1 N–H and O–H groups in total. The van der Waals surface area contributed by atoms with Crippen molar-refractivity contribution < 1.29 is 18.1 Å². The Labute approximate surface area is 182 Å². The van der Waals surface area contributed by atoms with Gasteiger partial charge in [0.2, 0.25) is 10.0 Å². The monoisotopic (exact) mass is 448 g/mol. The number of rotatable bonds is 12. The van der Waals surface area contributed by atoms with Gasteiger partial charge in [0.05, 0.1) is 22.6 Å². The highest BCUT2D eigenvalue weighted by molar-refractivity contribution is 7.89. The molecule has 0 saturated heterocycles. The number of nitro benzene ring substituents is 1. The molecule has 0 radical (unpaired) electrons. The Morgan fingerprint density at radius 1 is 1.13 bits per heavy atom. The van der Waals surface area contributed by atoms with E-state index < -0.39 is 14.9 Å². The first-order valence-corrected chi connectivity index (χ1v) is 11.6. The summed E-state index contributed by atoms with van der Waals surface area (Å²) in [6.07, 6.45) is 3.56. The Balaban J connectivity index is 2.15. The number of hydrazone groups is 1. The van der Waals surface area contributed by atoms with Crippen molar-refractivity contribution in [2.75, 3.05) is 25.1 Å². The molecule has 10 heteroatoms. The Bertz CT molecular complexity index is 1000. The number of anilines is 1. The summed E-state index contributed by atoms with van der Waals surface area (Å²) in [6.45, 7) is 6.74. The van der Waals surface area contributed by atoms with Crippen LogP contribution in [0.2, 0.25) is 0 Å². The molecule has 0 heterocycles. The molecule has 2 aromatic rings. The second kappa shape index (κ2) is 11.4. The van der Waals surface area contributed by atoms with E-state index in [9.17, 15) is 18.5 Å². The van der Waals surface area contributed by atoms with E-state index in [2.05, 4.69) is 17.5 Å². The first kappa shape index (κ1) is 24.3. The summed E-state index contributed by atoms with van der Waals surface area (Å²) in [5.41, 5.74) is 3.13. The predicted molar refractivity (Wildman–Crippen MR) is 121 cm³/mol. The molecular formula is C21H28N4O5S. The lowest BCUT2D eigenvalue weighted by Gasteiger charge is -2.18. The molecule has 2 aromatic carbocycles. The SMILES string of the molecule is CCCCOc1ccc(/C=N/Nc2ccc(S(=O)(=O)N(CC)CC)cc2[N+](=O)[O-])cc1. The molecule has 0 saturated carbocycles. The van der Waals surface area contributed by atoms with E-state index in [0.29, 0.717) is 6.61 Å². The summed E-state index contributed by atoms with van der Waals surface area (Å²) in [5, 5.41) is 15.5. The van der Waals surface area contributed by atoms with Crippen molar-refractivity contribution in [1.82, 2.24) is 4.31 Å². The van der Waals surface area contributed by atoms with Gasteiger partial charge in [0.25, 0.3) is 5.69 Å². The fourth-order valence-electron chi connectivity index (χ4n) is 2.79. The Kier molecular flexibility index (Phi) is 8.95. The topological polar surface area (TPSA) is 114 Å². The normalized spacial score (nSPS) is 11.7. The van der Waals surface area contributed by atoms with Gasteiger partial charge >= 0.3 is 0 Å². The first-order valence-electron chi connectivity index (χ1n) is 10.1. The molecule has 9 nitrogen and oxygen atoms in total. The summed E-state index contributed by atoms with van der Waals surface area (Å²) in [5.74, 6) is 0.763. The third-order valence-electron chi connectivity index (χ3n) is 4.55. The van der Waals surface area contributed by atoms with Crippen molar-refractivity contribution in [2.24, 2.45) is 5.10 Å². The van der Waals surface area contributed by atoms with Crippen LogP contribution in [0, 0.1) is 10.1 Å². The molecule has 0 amide bonds. The molecule has 0 aliphatic rings. The third-order valence-corrected chi connectivity index (χ3v) is 6.60. The zero-order valence-corrected chi connectivity index (χ0v) is 18.8. The predicted octanol–water partition coefficient (Wildman–Crippen LogP) is 4.25. The highest BCUT2D eigenvalue weighted by Crippen LogP contribution is 2.29. The number of sulfonamides is 1. The van der Waals surface area contributed by atoms with Crippen LogP contribution >= 0.6 is 0 Å². The van der Waals surface area contributed by atoms with Gasteiger partial charge in [-0.25, -0.2) is 8.42 Å². The number of nitrogens with one attached hydrogen (secondary N) is 1. The van der Waals surface area contributed by atoms with Crippen LogP contribution in [0.15, 0.2) is 52.5 Å².